The van der Waals surface area contributed by atoms with Crippen LogP contribution in [0.25, 0.3) is 0 Å². The minimum Gasteiger partial charge on any atom is -0.456 e. The molecule has 0 aliphatic heterocycles. The molecule has 3 aromatic rings. The van der Waals surface area contributed by atoms with Gasteiger partial charge < -0.3 is 21.1 Å². The summed E-state index contributed by atoms with van der Waals surface area (Å²) in [5.74, 6) is -0.672. The minimum atomic E-state index is -0.862. The smallest absolute Gasteiger partial charge is 0.328 e. The standard InChI is InChI=1S/C21H21ClN6O3/c1-12-4-3-5-14(10-12)18(29)24-13(2)19(30)31-11-17-26-20(23)28-21(27-17)25-16-8-6-15(22)7-9-16/h3-10,13H,11H2,1-2H3,(H,24,29)(H3,23,25,26,27,28)/t13-/m1/s1. The van der Waals surface area contributed by atoms with E-state index in [-0.39, 0.29) is 30.2 Å². The number of hydrogen-bond donors (Lipinski definition) is 3. The number of carbonyl (C=O) groups is 2. The summed E-state index contributed by atoms with van der Waals surface area (Å²) in [6.07, 6.45) is 0. The Morgan fingerprint density at radius 2 is 1.87 bits per heavy atom. The first kappa shape index (κ1) is 22.0. The molecule has 0 bridgehead atoms. The lowest BCUT2D eigenvalue weighted by Gasteiger charge is -2.14. The summed E-state index contributed by atoms with van der Waals surface area (Å²) in [5.41, 5.74) is 7.83. The highest BCUT2D eigenvalue weighted by Gasteiger charge is 2.19. The zero-order valence-corrected chi connectivity index (χ0v) is 17.7. The fourth-order valence-electron chi connectivity index (χ4n) is 2.61. The van der Waals surface area contributed by atoms with E-state index in [1.165, 1.54) is 6.92 Å². The molecule has 0 spiro atoms. The second-order valence-corrected chi connectivity index (χ2v) is 7.17. The van der Waals surface area contributed by atoms with Crippen LogP contribution in [0.3, 0.4) is 0 Å². The topological polar surface area (TPSA) is 132 Å². The van der Waals surface area contributed by atoms with Crippen molar-refractivity contribution in [1.29, 1.82) is 0 Å². The zero-order valence-electron chi connectivity index (χ0n) is 16.9. The Kier molecular flexibility index (Phi) is 6.99. The molecule has 1 aromatic heterocycles. The first-order valence-electron chi connectivity index (χ1n) is 9.37. The Labute approximate surface area is 184 Å². The fraction of sp³-hybridized carbons (Fsp3) is 0.190. The second-order valence-electron chi connectivity index (χ2n) is 6.74. The molecule has 3 rings (SSSR count). The molecule has 0 radical (unpaired) electrons. The Bertz CT molecular complexity index is 1090. The lowest BCUT2D eigenvalue weighted by Crippen LogP contribution is -2.39. The number of ether oxygens (including phenoxy) is 1. The summed E-state index contributed by atoms with van der Waals surface area (Å²) in [7, 11) is 0. The van der Waals surface area contributed by atoms with Crippen molar-refractivity contribution in [3.05, 3.63) is 70.5 Å². The molecule has 0 saturated carbocycles. The number of hydrogen-bond acceptors (Lipinski definition) is 8. The number of rotatable bonds is 7. The molecule has 1 heterocycles. The Balaban J connectivity index is 1.58. The molecule has 0 fully saturated rings. The van der Waals surface area contributed by atoms with Gasteiger partial charge in [0.25, 0.3) is 5.91 Å². The van der Waals surface area contributed by atoms with Crippen molar-refractivity contribution >= 4 is 41.1 Å². The van der Waals surface area contributed by atoms with Crippen LogP contribution in [0, 0.1) is 6.92 Å². The third kappa shape index (κ3) is 6.38. The summed E-state index contributed by atoms with van der Waals surface area (Å²) in [6, 6.07) is 13.1. The van der Waals surface area contributed by atoms with Gasteiger partial charge in [0.15, 0.2) is 12.4 Å². The Morgan fingerprint density at radius 3 is 2.58 bits per heavy atom. The number of amides is 1. The predicted octanol–water partition coefficient (Wildman–Crippen LogP) is 3.02. The Morgan fingerprint density at radius 1 is 1.13 bits per heavy atom. The number of nitrogens with two attached hydrogens (primary N) is 1. The van der Waals surface area contributed by atoms with E-state index < -0.39 is 12.0 Å². The van der Waals surface area contributed by atoms with Gasteiger partial charge in [0.1, 0.15) is 6.04 Å². The summed E-state index contributed by atoms with van der Waals surface area (Å²) >= 11 is 5.87. The van der Waals surface area contributed by atoms with Crippen LogP contribution in [0.4, 0.5) is 17.6 Å². The summed E-state index contributed by atoms with van der Waals surface area (Å²) < 4.78 is 5.22. The molecule has 1 amide bonds. The third-order valence-corrected chi connectivity index (χ3v) is 4.38. The zero-order chi connectivity index (χ0) is 22.4. The second kappa shape index (κ2) is 9.86. The van der Waals surface area contributed by atoms with Crippen LogP contribution in [-0.4, -0.2) is 32.9 Å². The van der Waals surface area contributed by atoms with Crippen molar-refractivity contribution in [1.82, 2.24) is 20.3 Å². The van der Waals surface area contributed by atoms with E-state index in [1.54, 1.807) is 42.5 Å². The van der Waals surface area contributed by atoms with E-state index in [0.29, 0.717) is 16.3 Å². The van der Waals surface area contributed by atoms with E-state index in [4.69, 9.17) is 22.1 Å². The van der Waals surface area contributed by atoms with E-state index in [0.717, 1.165) is 5.56 Å². The fourth-order valence-corrected chi connectivity index (χ4v) is 2.73. The largest absolute Gasteiger partial charge is 0.456 e. The Hall–Kier alpha value is -3.72. The number of nitrogen functional groups attached to an aromatic ring is 1. The molecular weight excluding hydrogens is 420 g/mol. The number of halogens is 1. The van der Waals surface area contributed by atoms with Gasteiger partial charge >= 0.3 is 5.97 Å². The van der Waals surface area contributed by atoms with Gasteiger partial charge in [-0.1, -0.05) is 29.3 Å². The molecule has 0 aliphatic rings. The molecule has 4 N–H and O–H groups in total. The van der Waals surface area contributed by atoms with Crippen molar-refractivity contribution in [3.63, 3.8) is 0 Å². The van der Waals surface area contributed by atoms with Gasteiger partial charge in [-0.25, -0.2) is 4.79 Å². The number of nitrogens with one attached hydrogen (secondary N) is 2. The average molecular weight is 441 g/mol. The maximum atomic E-state index is 12.3. The number of aromatic nitrogens is 3. The molecule has 2 aromatic carbocycles. The summed E-state index contributed by atoms with van der Waals surface area (Å²) in [4.78, 5) is 36.7. The van der Waals surface area contributed by atoms with Gasteiger partial charge in [-0.2, -0.15) is 15.0 Å². The van der Waals surface area contributed by atoms with Gasteiger partial charge in [0.2, 0.25) is 11.9 Å². The highest BCUT2D eigenvalue weighted by molar-refractivity contribution is 6.30. The van der Waals surface area contributed by atoms with Gasteiger partial charge in [0, 0.05) is 16.3 Å². The molecule has 10 heteroatoms. The number of esters is 1. The maximum absolute atomic E-state index is 12.3. The summed E-state index contributed by atoms with van der Waals surface area (Å²) in [6.45, 7) is 3.18. The van der Waals surface area contributed by atoms with Crippen molar-refractivity contribution in [2.45, 2.75) is 26.5 Å². The van der Waals surface area contributed by atoms with Crippen molar-refractivity contribution < 1.29 is 14.3 Å². The van der Waals surface area contributed by atoms with Crippen molar-refractivity contribution in [2.75, 3.05) is 11.1 Å². The van der Waals surface area contributed by atoms with Gasteiger partial charge in [-0.05, 0) is 50.2 Å². The highest BCUT2D eigenvalue weighted by Crippen LogP contribution is 2.17. The third-order valence-electron chi connectivity index (χ3n) is 4.12. The van der Waals surface area contributed by atoms with Gasteiger partial charge in [0.05, 0.1) is 0 Å². The number of carbonyl (C=O) groups excluding carboxylic acids is 2. The van der Waals surface area contributed by atoms with Crippen molar-refractivity contribution in [3.8, 4) is 0 Å². The van der Waals surface area contributed by atoms with Crippen LogP contribution in [0.2, 0.25) is 5.02 Å². The number of anilines is 3. The maximum Gasteiger partial charge on any atom is 0.328 e. The first-order chi connectivity index (χ1) is 14.8. The van der Waals surface area contributed by atoms with Gasteiger partial charge in [-0.15, -0.1) is 0 Å². The minimum absolute atomic E-state index is 0.0293. The van der Waals surface area contributed by atoms with Crippen LogP contribution in [0.15, 0.2) is 48.5 Å². The first-order valence-corrected chi connectivity index (χ1v) is 9.75. The number of nitrogens with zero attached hydrogens (tertiary/aromatic N) is 3. The van der Waals surface area contributed by atoms with Crippen LogP contribution in [0.5, 0.6) is 0 Å². The van der Waals surface area contributed by atoms with Crippen molar-refractivity contribution in [2.24, 2.45) is 0 Å². The number of aryl methyl sites for hydroxylation is 1. The number of benzene rings is 2. The predicted molar refractivity (Wildman–Crippen MR) is 117 cm³/mol. The molecule has 31 heavy (non-hydrogen) atoms. The van der Waals surface area contributed by atoms with Crippen LogP contribution in [0.1, 0.15) is 28.7 Å². The molecule has 0 saturated heterocycles. The molecule has 1 atom stereocenters. The van der Waals surface area contributed by atoms with E-state index in [2.05, 4.69) is 25.6 Å². The van der Waals surface area contributed by atoms with Crippen LogP contribution < -0.4 is 16.4 Å². The van der Waals surface area contributed by atoms with Crippen LogP contribution >= 0.6 is 11.6 Å². The normalized spacial score (nSPS) is 11.5. The average Bonchev–Trinajstić information content (AvgIpc) is 2.73. The molecule has 0 aliphatic carbocycles. The monoisotopic (exact) mass is 440 g/mol. The summed E-state index contributed by atoms with van der Waals surface area (Å²) in [5, 5.41) is 6.17. The van der Waals surface area contributed by atoms with Gasteiger partial charge in [-0.3, -0.25) is 4.79 Å². The van der Waals surface area contributed by atoms with E-state index in [9.17, 15) is 9.59 Å². The van der Waals surface area contributed by atoms with E-state index >= 15 is 0 Å². The highest BCUT2D eigenvalue weighted by atomic mass is 35.5. The molecule has 160 valence electrons. The lowest BCUT2D eigenvalue weighted by atomic mass is 10.1. The quantitative estimate of drug-likeness (QED) is 0.477. The van der Waals surface area contributed by atoms with Crippen LogP contribution in [-0.2, 0) is 16.1 Å². The van der Waals surface area contributed by atoms with E-state index in [1.807, 2.05) is 13.0 Å². The lowest BCUT2D eigenvalue weighted by molar-refractivity contribution is -0.147. The SMILES string of the molecule is Cc1cccc(C(=O)N[C@H](C)C(=O)OCc2nc(N)nc(Nc3ccc(Cl)cc3)n2)c1. The molecule has 9 nitrogen and oxygen atoms in total. The molecule has 0 unspecified atom stereocenters. The molecular formula is C21H21ClN6O3.